The van der Waals surface area contributed by atoms with Crippen molar-refractivity contribution in [2.45, 2.75) is 31.5 Å². The van der Waals surface area contributed by atoms with E-state index < -0.39 is 6.10 Å². The van der Waals surface area contributed by atoms with Crippen molar-refractivity contribution in [1.29, 1.82) is 0 Å². The Balaban J connectivity index is 1.31. The van der Waals surface area contributed by atoms with Crippen LogP contribution in [0.2, 0.25) is 0 Å². The maximum absolute atomic E-state index is 12.8. The lowest BCUT2D eigenvalue weighted by molar-refractivity contribution is 0.0462. The second-order valence-corrected chi connectivity index (χ2v) is 8.22. The summed E-state index contributed by atoms with van der Waals surface area (Å²) in [6, 6.07) is 11.7. The van der Waals surface area contributed by atoms with Crippen LogP contribution in [0, 0.1) is 11.8 Å². The number of pyridine rings is 1. The molecule has 2 aromatic heterocycles. The molecule has 0 spiro atoms. The number of imidazole rings is 1. The number of aromatic nitrogens is 3. The zero-order valence-corrected chi connectivity index (χ0v) is 16.2. The van der Waals surface area contributed by atoms with Crippen molar-refractivity contribution in [1.82, 2.24) is 25.2 Å². The minimum atomic E-state index is -0.498. The maximum atomic E-state index is 12.8. The Hall–Kier alpha value is -2.77. The number of hydrogen-bond acceptors (Lipinski definition) is 5. The molecule has 1 saturated heterocycles. The number of carbonyl (C=O) groups excluding carboxylic acids is 1. The molecule has 1 amide bonds. The minimum absolute atomic E-state index is 0.203. The van der Waals surface area contributed by atoms with Gasteiger partial charge in [0.2, 0.25) is 0 Å². The van der Waals surface area contributed by atoms with Gasteiger partial charge in [-0.05, 0) is 49.4 Å². The van der Waals surface area contributed by atoms with Gasteiger partial charge in [-0.15, -0.1) is 0 Å². The first-order valence-corrected chi connectivity index (χ1v) is 10.2. The van der Waals surface area contributed by atoms with Crippen LogP contribution in [0.15, 0.2) is 48.9 Å². The number of aliphatic hydroxyl groups is 1. The van der Waals surface area contributed by atoms with Gasteiger partial charge in [0.1, 0.15) is 5.52 Å². The molecule has 4 atom stereocenters. The SMILES string of the molecule is O=C(N[C@H]1C[C@H]2CNC[C@H]2C[C@@H]1O)c1cnc2c(c1)ncn2Cc1ccccc1. The Morgan fingerprint density at radius 2 is 1.97 bits per heavy atom. The van der Waals surface area contributed by atoms with Crippen LogP contribution in [0.5, 0.6) is 0 Å². The van der Waals surface area contributed by atoms with Gasteiger partial charge in [0.15, 0.2) is 5.65 Å². The fourth-order valence-electron chi connectivity index (χ4n) is 4.67. The van der Waals surface area contributed by atoms with Crippen LogP contribution in [0.4, 0.5) is 0 Å². The highest BCUT2D eigenvalue weighted by Gasteiger charge is 2.39. The van der Waals surface area contributed by atoms with E-state index in [1.165, 1.54) is 5.56 Å². The second kappa shape index (κ2) is 7.57. The molecular formula is C22H25N5O2. The zero-order chi connectivity index (χ0) is 19.8. The molecule has 7 nitrogen and oxygen atoms in total. The molecule has 7 heteroatoms. The molecule has 150 valence electrons. The van der Waals surface area contributed by atoms with Gasteiger partial charge in [0.05, 0.1) is 30.6 Å². The number of benzene rings is 1. The molecule has 1 aliphatic carbocycles. The minimum Gasteiger partial charge on any atom is -0.391 e. The lowest BCUT2D eigenvalue weighted by atomic mass is 9.77. The average Bonchev–Trinajstić information content (AvgIpc) is 3.35. The van der Waals surface area contributed by atoms with E-state index in [0.29, 0.717) is 29.5 Å². The first-order valence-electron chi connectivity index (χ1n) is 10.2. The molecule has 3 N–H and O–H groups in total. The standard InChI is InChI=1S/C22H25N5O2/c28-20-8-16-10-23-9-15(16)6-18(20)26-22(29)17-7-19-21(24-11-17)27(13-25-19)12-14-4-2-1-3-5-14/h1-5,7,11,13,15-16,18,20,23,28H,6,8-10,12H2,(H,26,29)/t15-,16+,18-,20-/m0/s1. The molecule has 0 unspecified atom stereocenters. The number of hydrogen-bond donors (Lipinski definition) is 3. The molecule has 2 fully saturated rings. The first-order chi connectivity index (χ1) is 14.2. The third-order valence-electron chi connectivity index (χ3n) is 6.28. The highest BCUT2D eigenvalue weighted by atomic mass is 16.3. The lowest BCUT2D eigenvalue weighted by Crippen LogP contribution is -2.49. The van der Waals surface area contributed by atoms with E-state index in [9.17, 15) is 9.90 Å². The Morgan fingerprint density at radius 3 is 2.79 bits per heavy atom. The first kappa shape index (κ1) is 18.3. The highest BCUT2D eigenvalue weighted by Crippen LogP contribution is 2.33. The maximum Gasteiger partial charge on any atom is 0.253 e. The van der Waals surface area contributed by atoms with Gasteiger partial charge in [-0.1, -0.05) is 30.3 Å². The van der Waals surface area contributed by atoms with Gasteiger partial charge < -0.3 is 20.3 Å². The molecule has 0 radical (unpaired) electrons. The zero-order valence-electron chi connectivity index (χ0n) is 16.2. The molecule has 2 aliphatic rings. The van der Waals surface area contributed by atoms with Crippen molar-refractivity contribution in [3.05, 3.63) is 60.0 Å². The summed E-state index contributed by atoms with van der Waals surface area (Å²) in [5.74, 6) is 0.841. The summed E-state index contributed by atoms with van der Waals surface area (Å²) < 4.78 is 1.98. The number of nitrogens with one attached hydrogen (secondary N) is 2. The summed E-state index contributed by atoms with van der Waals surface area (Å²) in [6.45, 7) is 2.62. The van der Waals surface area contributed by atoms with Crippen LogP contribution >= 0.6 is 0 Å². The normalized spacial score (nSPS) is 26.4. The largest absolute Gasteiger partial charge is 0.391 e. The van der Waals surface area contributed by atoms with Gasteiger partial charge in [-0.25, -0.2) is 9.97 Å². The van der Waals surface area contributed by atoms with Crippen LogP contribution in [0.25, 0.3) is 11.2 Å². The molecule has 0 bridgehead atoms. The quantitative estimate of drug-likeness (QED) is 0.628. The molecule has 5 rings (SSSR count). The van der Waals surface area contributed by atoms with Crippen molar-refractivity contribution < 1.29 is 9.90 Å². The molecular weight excluding hydrogens is 366 g/mol. The van der Waals surface area contributed by atoms with Gasteiger partial charge in [-0.3, -0.25) is 4.79 Å². The number of rotatable bonds is 4. The van der Waals surface area contributed by atoms with E-state index >= 15 is 0 Å². The van der Waals surface area contributed by atoms with E-state index in [0.717, 1.165) is 31.6 Å². The van der Waals surface area contributed by atoms with Crippen LogP contribution in [-0.4, -0.2) is 50.8 Å². The number of fused-ring (bicyclic) bond motifs is 2. The number of amides is 1. The predicted molar refractivity (Wildman–Crippen MR) is 109 cm³/mol. The number of nitrogens with zero attached hydrogens (tertiary/aromatic N) is 3. The summed E-state index contributed by atoms with van der Waals surface area (Å²) in [5, 5.41) is 16.9. The van der Waals surface area contributed by atoms with Crippen molar-refractivity contribution in [2.75, 3.05) is 13.1 Å². The molecule has 3 heterocycles. The Bertz CT molecular complexity index is 1020. The van der Waals surface area contributed by atoms with Crippen LogP contribution in [-0.2, 0) is 6.54 Å². The summed E-state index contributed by atoms with van der Waals surface area (Å²) >= 11 is 0. The van der Waals surface area contributed by atoms with Crippen molar-refractivity contribution >= 4 is 17.1 Å². The van der Waals surface area contributed by atoms with E-state index in [4.69, 9.17) is 0 Å². The molecule has 3 aromatic rings. The van der Waals surface area contributed by atoms with E-state index in [1.54, 1.807) is 18.6 Å². The topological polar surface area (TPSA) is 92.1 Å². The molecule has 1 saturated carbocycles. The van der Waals surface area contributed by atoms with E-state index in [-0.39, 0.29) is 11.9 Å². The van der Waals surface area contributed by atoms with Gasteiger partial charge in [-0.2, -0.15) is 0 Å². The number of aliphatic hydroxyl groups excluding tert-OH is 1. The van der Waals surface area contributed by atoms with Crippen molar-refractivity contribution in [3.63, 3.8) is 0 Å². The summed E-state index contributed by atoms with van der Waals surface area (Å²) in [7, 11) is 0. The summed E-state index contributed by atoms with van der Waals surface area (Å²) in [4.78, 5) is 21.7. The van der Waals surface area contributed by atoms with E-state index in [2.05, 4.69) is 32.7 Å². The second-order valence-electron chi connectivity index (χ2n) is 8.22. The Morgan fingerprint density at radius 1 is 1.17 bits per heavy atom. The third-order valence-corrected chi connectivity index (χ3v) is 6.28. The van der Waals surface area contributed by atoms with Crippen LogP contribution in [0.1, 0.15) is 28.8 Å². The van der Waals surface area contributed by atoms with Crippen LogP contribution < -0.4 is 10.6 Å². The molecule has 1 aliphatic heterocycles. The Labute approximate surface area is 169 Å². The van der Waals surface area contributed by atoms with Gasteiger partial charge in [0, 0.05) is 6.20 Å². The summed E-state index contributed by atoms with van der Waals surface area (Å²) in [6.07, 6.45) is 4.40. The molecule has 1 aromatic carbocycles. The smallest absolute Gasteiger partial charge is 0.253 e. The Kier molecular flexibility index (Phi) is 4.77. The van der Waals surface area contributed by atoms with Gasteiger partial charge in [0.25, 0.3) is 5.91 Å². The average molecular weight is 391 g/mol. The van der Waals surface area contributed by atoms with E-state index in [1.807, 2.05) is 22.8 Å². The van der Waals surface area contributed by atoms with Gasteiger partial charge >= 0.3 is 0 Å². The summed E-state index contributed by atoms with van der Waals surface area (Å²) in [5.41, 5.74) is 3.09. The van der Waals surface area contributed by atoms with Crippen LogP contribution in [0.3, 0.4) is 0 Å². The van der Waals surface area contributed by atoms with Crippen molar-refractivity contribution in [2.24, 2.45) is 11.8 Å². The lowest BCUT2D eigenvalue weighted by Gasteiger charge is -2.35. The number of carbonyl (C=O) groups is 1. The highest BCUT2D eigenvalue weighted by molar-refractivity contribution is 5.96. The fraction of sp³-hybridized carbons (Fsp3) is 0.409. The van der Waals surface area contributed by atoms with Crippen molar-refractivity contribution in [3.8, 4) is 0 Å². The predicted octanol–water partition coefficient (Wildman–Crippen LogP) is 1.57. The monoisotopic (exact) mass is 391 g/mol. The molecule has 29 heavy (non-hydrogen) atoms. The third kappa shape index (κ3) is 3.63. The fourth-order valence-corrected chi connectivity index (χ4v) is 4.67.